The number of carbonyl (C=O) groups excluding carboxylic acids is 1. The monoisotopic (exact) mass is 174 g/mol. The molecule has 0 aliphatic heterocycles. The maximum atomic E-state index is 10.4. The van der Waals surface area contributed by atoms with Crippen molar-refractivity contribution >= 4 is 13.2 Å². The molecule has 0 unspecified atom stereocenters. The Morgan fingerprint density at radius 2 is 2.23 bits per heavy atom. The molecule has 2 heteroatoms. The zero-order valence-electron chi connectivity index (χ0n) is 8.29. The molecule has 13 heavy (non-hydrogen) atoms. The average molecular weight is 174 g/mol. The summed E-state index contributed by atoms with van der Waals surface area (Å²) in [5.41, 5.74) is 2.48. The van der Waals surface area contributed by atoms with Crippen LogP contribution in [0.3, 0.4) is 0 Å². The first kappa shape index (κ1) is 10.2. The summed E-state index contributed by atoms with van der Waals surface area (Å²) in [6.45, 7) is 6.42. The van der Waals surface area contributed by atoms with Crippen molar-refractivity contribution in [1.29, 1.82) is 0 Å². The van der Waals surface area contributed by atoms with E-state index in [1.54, 1.807) is 0 Å². The van der Waals surface area contributed by atoms with E-state index < -0.39 is 0 Å². The van der Waals surface area contributed by atoms with Crippen molar-refractivity contribution in [2.75, 3.05) is 0 Å². The van der Waals surface area contributed by atoms with Crippen molar-refractivity contribution in [2.45, 2.75) is 26.7 Å². The summed E-state index contributed by atoms with van der Waals surface area (Å²) in [6, 6.07) is 2.03. The molecule has 0 saturated heterocycles. The van der Waals surface area contributed by atoms with E-state index in [1.807, 2.05) is 18.9 Å². The molecule has 0 N–H and O–H groups in total. The molecular weight excluding hydrogens is 159 g/mol. The van der Waals surface area contributed by atoms with E-state index in [0.29, 0.717) is 12.3 Å². The van der Waals surface area contributed by atoms with Crippen molar-refractivity contribution in [3.05, 3.63) is 29.1 Å². The Labute approximate surface area is 80.4 Å². The van der Waals surface area contributed by atoms with Crippen LogP contribution in [0.2, 0.25) is 0 Å². The van der Waals surface area contributed by atoms with Crippen molar-refractivity contribution in [1.82, 2.24) is 0 Å². The number of hydrogen-bond donors (Lipinski definition) is 0. The van der Waals surface area contributed by atoms with E-state index in [0.717, 1.165) is 12.7 Å². The second-order valence-corrected chi connectivity index (χ2v) is 3.74. The number of aldehydes is 1. The van der Waals surface area contributed by atoms with Crippen LogP contribution in [0.5, 0.6) is 0 Å². The van der Waals surface area contributed by atoms with Crippen LogP contribution in [0.4, 0.5) is 0 Å². The Balaban J connectivity index is 2.83. The van der Waals surface area contributed by atoms with Crippen LogP contribution in [0.15, 0.2) is 18.0 Å². The molecule has 0 spiro atoms. The minimum atomic E-state index is 0.545. The minimum absolute atomic E-state index is 0.545. The van der Waals surface area contributed by atoms with Gasteiger partial charge >= 0.3 is 79.7 Å². The van der Waals surface area contributed by atoms with Gasteiger partial charge in [0.05, 0.1) is 0 Å². The molecule has 1 heterocycles. The second kappa shape index (κ2) is 4.95. The first-order valence-electron chi connectivity index (χ1n) is 4.74. The second-order valence-electron chi connectivity index (χ2n) is 3.74. The molecule has 0 atom stereocenters. The van der Waals surface area contributed by atoms with Gasteiger partial charge < -0.3 is 0 Å². The Morgan fingerprint density at radius 1 is 1.46 bits per heavy atom. The molecule has 0 saturated carbocycles. The first-order valence-corrected chi connectivity index (χ1v) is 4.74. The third kappa shape index (κ3) is 3.13. The van der Waals surface area contributed by atoms with Gasteiger partial charge in [-0.1, -0.05) is 0 Å². The molecule has 0 bridgehead atoms. The molecule has 0 amide bonds. The summed E-state index contributed by atoms with van der Waals surface area (Å²) in [5, 5.41) is 0. The zero-order chi connectivity index (χ0) is 9.68. The van der Waals surface area contributed by atoms with Gasteiger partial charge in [0.25, 0.3) is 0 Å². The number of rotatable bonds is 4. The van der Waals surface area contributed by atoms with Gasteiger partial charge in [-0.3, -0.25) is 0 Å². The summed E-state index contributed by atoms with van der Waals surface area (Å²) < 4.78 is 0. The van der Waals surface area contributed by atoms with Crippen LogP contribution in [0.1, 0.15) is 25.0 Å². The van der Waals surface area contributed by atoms with E-state index in [4.69, 9.17) is 0 Å². The summed E-state index contributed by atoms with van der Waals surface area (Å²) in [7, 11) is 0. The van der Waals surface area contributed by atoms with Gasteiger partial charge in [0.1, 0.15) is 0 Å². The van der Waals surface area contributed by atoms with Crippen molar-refractivity contribution in [3.63, 3.8) is 0 Å². The molecule has 0 radical (unpaired) electrons. The maximum absolute atomic E-state index is 10.4. The van der Waals surface area contributed by atoms with Gasteiger partial charge in [-0.15, -0.1) is 0 Å². The number of hydrogen-bond acceptors (Lipinski definition) is 1. The fraction of sp³-hybridized carbons (Fsp3) is 0.455. The van der Waals surface area contributed by atoms with E-state index in [9.17, 15) is 4.79 Å². The quantitative estimate of drug-likeness (QED) is 0.637. The molecule has 0 aliphatic rings. The summed E-state index contributed by atoms with van der Waals surface area (Å²) in [5.74, 6) is 4.74. The summed E-state index contributed by atoms with van der Waals surface area (Å²) in [4.78, 5) is 10.4. The molecule has 0 aliphatic carbocycles. The molecule has 0 aromatic carbocycles. The van der Waals surface area contributed by atoms with Crippen molar-refractivity contribution in [3.8, 4) is 0 Å². The van der Waals surface area contributed by atoms with Crippen molar-refractivity contribution < 1.29 is 4.79 Å². The Kier molecular flexibility index (Phi) is 3.87. The third-order valence-corrected chi connectivity index (χ3v) is 2.05. The van der Waals surface area contributed by atoms with Gasteiger partial charge in [0, 0.05) is 0 Å². The molecule has 1 nitrogen and oxygen atoms in total. The predicted molar refractivity (Wildman–Crippen MR) is 56.1 cm³/mol. The van der Waals surface area contributed by atoms with Crippen LogP contribution in [0.25, 0.3) is 0 Å². The molecule has 68 valence electrons. The first-order chi connectivity index (χ1) is 6.24. The van der Waals surface area contributed by atoms with Crippen LogP contribution in [-0.4, -0.2) is 13.2 Å². The molecule has 1 aromatic rings. The fourth-order valence-electron chi connectivity index (χ4n) is 1.49. The van der Waals surface area contributed by atoms with E-state index in [-0.39, 0.29) is 0 Å². The zero-order valence-corrected chi connectivity index (χ0v) is 8.29. The fourth-order valence-corrected chi connectivity index (χ4v) is 1.49. The van der Waals surface area contributed by atoms with Crippen LogP contribution < -0.4 is 0 Å². The number of carbonyl (C=O) groups is 1. The van der Waals surface area contributed by atoms with Crippen LogP contribution >= 0.6 is 0 Å². The van der Waals surface area contributed by atoms with Gasteiger partial charge in [0.15, 0.2) is 0 Å². The standard InChI is InChI=1S/C11H15BO/c1-9(2)7-11-8-12-5-3-10(11)4-6-13/h3,5-6,8-9H,4,7H2,1-2H3. The normalized spacial score (nSPS) is 10.1. The van der Waals surface area contributed by atoms with Gasteiger partial charge in [0.2, 0.25) is 0 Å². The third-order valence-electron chi connectivity index (χ3n) is 2.05. The molecule has 1 rings (SSSR count). The molecule has 1 aromatic heterocycles. The van der Waals surface area contributed by atoms with Gasteiger partial charge in [-0.05, 0) is 0 Å². The van der Waals surface area contributed by atoms with Gasteiger partial charge in [-0.25, -0.2) is 0 Å². The Bertz CT molecular complexity index is 281. The Morgan fingerprint density at radius 3 is 2.85 bits per heavy atom. The average Bonchev–Trinajstić information content (AvgIpc) is 2.08. The summed E-state index contributed by atoms with van der Waals surface area (Å²) in [6.07, 6.45) is 2.58. The molecule has 0 fully saturated rings. The van der Waals surface area contributed by atoms with Crippen molar-refractivity contribution in [2.24, 2.45) is 5.92 Å². The van der Waals surface area contributed by atoms with E-state index in [1.165, 1.54) is 11.1 Å². The van der Waals surface area contributed by atoms with Gasteiger partial charge in [-0.2, -0.15) is 0 Å². The van der Waals surface area contributed by atoms with E-state index in [2.05, 4.69) is 19.8 Å². The Hall–Kier alpha value is -0.915. The predicted octanol–water partition coefficient (Wildman–Crippen LogP) is 1.96. The van der Waals surface area contributed by atoms with Crippen LogP contribution in [-0.2, 0) is 17.6 Å². The van der Waals surface area contributed by atoms with E-state index >= 15 is 0 Å². The van der Waals surface area contributed by atoms with Crippen LogP contribution in [0, 0.1) is 5.92 Å². The summed E-state index contributed by atoms with van der Waals surface area (Å²) >= 11 is 0. The topological polar surface area (TPSA) is 17.1 Å². The SMILES string of the molecule is CC(C)Cc1cbccc1CC=O. The molecular formula is C11H15BO.